The van der Waals surface area contributed by atoms with Gasteiger partial charge >= 0.3 is 0 Å². The maximum absolute atomic E-state index is 13.2. The van der Waals surface area contributed by atoms with Crippen LogP contribution in [-0.2, 0) is 14.8 Å². The van der Waals surface area contributed by atoms with E-state index in [1.165, 1.54) is 23.1 Å². The lowest BCUT2D eigenvalue weighted by atomic mass is 10.1. The predicted octanol–water partition coefficient (Wildman–Crippen LogP) is 3.39. The maximum atomic E-state index is 13.2. The van der Waals surface area contributed by atoms with Gasteiger partial charge in [0, 0.05) is 5.56 Å². The van der Waals surface area contributed by atoms with Gasteiger partial charge in [0.2, 0.25) is 5.91 Å². The quantitative estimate of drug-likeness (QED) is 0.675. The highest BCUT2D eigenvalue weighted by Gasteiger charge is 2.28. The normalized spacial score (nSPS) is 13.4. The largest absolute Gasteiger partial charge is 0.323 e. The van der Waals surface area contributed by atoms with Gasteiger partial charge in [-0.15, -0.1) is 0 Å². The fourth-order valence-corrected chi connectivity index (χ4v) is 4.38. The number of carbonyl (C=O) groups is 2. The van der Waals surface area contributed by atoms with Gasteiger partial charge in [0.1, 0.15) is 6.54 Å². The summed E-state index contributed by atoms with van der Waals surface area (Å²) in [7, 11) is -3.80. The zero-order chi connectivity index (χ0) is 21.3. The van der Waals surface area contributed by atoms with Crippen LogP contribution in [0.4, 0.5) is 17.1 Å². The van der Waals surface area contributed by atoms with Gasteiger partial charge in [0.25, 0.3) is 15.9 Å². The monoisotopic (exact) mass is 421 g/mol. The van der Waals surface area contributed by atoms with E-state index in [1.54, 1.807) is 61.5 Å². The van der Waals surface area contributed by atoms with Crippen molar-refractivity contribution in [2.45, 2.75) is 11.8 Å². The van der Waals surface area contributed by atoms with Crippen molar-refractivity contribution in [2.75, 3.05) is 21.5 Å². The van der Waals surface area contributed by atoms with Crippen molar-refractivity contribution in [3.63, 3.8) is 0 Å². The Labute approximate surface area is 174 Å². The Morgan fingerprint density at radius 1 is 1.00 bits per heavy atom. The molecule has 7 nitrogen and oxygen atoms in total. The van der Waals surface area contributed by atoms with Gasteiger partial charge in [-0.3, -0.25) is 19.2 Å². The first-order valence-electron chi connectivity index (χ1n) is 9.24. The Bertz CT molecular complexity index is 1240. The SMILES string of the molecule is Cc1ccc(C(=O)N2CC(=O)Nc3ccccc32)cc1NS(=O)(=O)c1ccccc1. The average Bonchev–Trinajstić information content (AvgIpc) is 2.74. The van der Waals surface area contributed by atoms with Crippen LogP contribution in [-0.4, -0.2) is 26.8 Å². The third-order valence-corrected chi connectivity index (χ3v) is 6.18. The van der Waals surface area contributed by atoms with Gasteiger partial charge in [-0.05, 0) is 48.9 Å². The Balaban J connectivity index is 1.67. The number of aryl methyl sites for hydroxylation is 1. The minimum absolute atomic E-state index is 0.116. The lowest BCUT2D eigenvalue weighted by Gasteiger charge is -2.29. The molecule has 3 aromatic rings. The number of nitrogens with one attached hydrogen (secondary N) is 2. The highest BCUT2D eigenvalue weighted by molar-refractivity contribution is 7.92. The summed E-state index contributed by atoms with van der Waals surface area (Å²) in [6.45, 7) is 1.63. The highest BCUT2D eigenvalue weighted by atomic mass is 32.2. The van der Waals surface area contributed by atoms with E-state index < -0.39 is 15.9 Å². The summed E-state index contributed by atoms with van der Waals surface area (Å²) in [5, 5.41) is 2.74. The van der Waals surface area contributed by atoms with Gasteiger partial charge in [0.05, 0.1) is 22.0 Å². The van der Waals surface area contributed by atoms with E-state index >= 15 is 0 Å². The number of sulfonamides is 1. The summed E-state index contributed by atoms with van der Waals surface area (Å²) in [5.41, 5.74) is 2.39. The van der Waals surface area contributed by atoms with E-state index in [2.05, 4.69) is 10.0 Å². The van der Waals surface area contributed by atoms with Crippen LogP contribution in [0, 0.1) is 6.92 Å². The highest BCUT2D eigenvalue weighted by Crippen LogP contribution is 2.31. The average molecular weight is 421 g/mol. The molecule has 0 saturated carbocycles. The Hall–Kier alpha value is -3.65. The van der Waals surface area contributed by atoms with Gasteiger partial charge in [-0.25, -0.2) is 8.42 Å². The third kappa shape index (κ3) is 3.77. The number of rotatable bonds is 4. The number of hydrogen-bond donors (Lipinski definition) is 2. The molecule has 2 N–H and O–H groups in total. The fraction of sp³-hybridized carbons (Fsp3) is 0.0909. The number of fused-ring (bicyclic) bond motifs is 1. The molecule has 4 rings (SSSR count). The van der Waals surface area contributed by atoms with Crippen LogP contribution in [0.3, 0.4) is 0 Å². The molecule has 0 bridgehead atoms. The van der Waals surface area contributed by atoms with Gasteiger partial charge < -0.3 is 5.32 Å². The molecule has 0 atom stereocenters. The second-order valence-corrected chi connectivity index (χ2v) is 8.59. The summed E-state index contributed by atoms with van der Waals surface area (Å²) in [6, 6.07) is 19.8. The molecule has 0 saturated heterocycles. The number of para-hydroxylation sites is 2. The molecule has 1 aliphatic rings. The van der Waals surface area contributed by atoms with Crippen LogP contribution in [0.5, 0.6) is 0 Å². The van der Waals surface area contributed by atoms with Gasteiger partial charge in [-0.1, -0.05) is 36.4 Å². The molecule has 0 unspecified atom stereocenters. The lowest BCUT2D eigenvalue weighted by Crippen LogP contribution is -2.42. The van der Waals surface area contributed by atoms with Crippen LogP contribution in [0.15, 0.2) is 77.7 Å². The van der Waals surface area contributed by atoms with E-state index in [4.69, 9.17) is 0 Å². The van der Waals surface area contributed by atoms with Crippen LogP contribution in [0.2, 0.25) is 0 Å². The topological polar surface area (TPSA) is 95.6 Å². The smallest absolute Gasteiger partial charge is 0.261 e. The second kappa shape index (κ2) is 7.64. The molecule has 1 heterocycles. The van der Waals surface area contributed by atoms with E-state index in [9.17, 15) is 18.0 Å². The maximum Gasteiger partial charge on any atom is 0.261 e. The second-order valence-electron chi connectivity index (χ2n) is 6.90. The molecule has 0 spiro atoms. The molecule has 30 heavy (non-hydrogen) atoms. The molecule has 1 aliphatic heterocycles. The fourth-order valence-electron chi connectivity index (χ4n) is 3.24. The minimum atomic E-state index is -3.80. The number of hydrogen-bond acceptors (Lipinski definition) is 4. The van der Waals surface area contributed by atoms with Crippen molar-refractivity contribution in [3.8, 4) is 0 Å². The van der Waals surface area contributed by atoms with E-state index in [-0.39, 0.29) is 22.9 Å². The Morgan fingerprint density at radius 2 is 1.70 bits per heavy atom. The van der Waals surface area contributed by atoms with Crippen LogP contribution in [0.25, 0.3) is 0 Å². The predicted molar refractivity (Wildman–Crippen MR) is 115 cm³/mol. The van der Waals surface area contributed by atoms with Crippen LogP contribution >= 0.6 is 0 Å². The van der Waals surface area contributed by atoms with Gasteiger partial charge in [0.15, 0.2) is 0 Å². The number of anilines is 3. The third-order valence-electron chi connectivity index (χ3n) is 4.80. The first-order chi connectivity index (χ1) is 14.3. The molecule has 2 amide bonds. The number of carbonyl (C=O) groups excluding carboxylic acids is 2. The van der Waals surface area contributed by atoms with E-state index in [1.807, 2.05) is 0 Å². The standard InChI is InChI=1S/C22H19N3O4S/c1-15-11-12-16(13-19(15)24-30(28,29)17-7-3-2-4-8-17)22(27)25-14-21(26)23-18-9-5-6-10-20(18)25/h2-13,24H,14H2,1H3,(H,23,26). The van der Waals surface area contributed by atoms with E-state index in [0.717, 1.165) is 0 Å². The molecule has 0 aromatic heterocycles. The van der Waals surface area contributed by atoms with Gasteiger partial charge in [-0.2, -0.15) is 0 Å². The first-order valence-corrected chi connectivity index (χ1v) is 10.7. The molecule has 8 heteroatoms. The summed E-state index contributed by atoms with van der Waals surface area (Å²) >= 11 is 0. The van der Waals surface area contributed by atoms with Crippen molar-refractivity contribution in [1.82, 2.24) is 0 Å². The lowest BCUT2D eigenvalue weighted by molar-refractivity contribution is -0.115. The number of nitrogens with zero attached hydrogens (tertiary/aromatic N) is 1. The minimum Gasteiger partial charge on any atom is -0.323 e. The summed E-state index contributed by atoms with van der Waals surface area (Å²) < 4.78 is 27.9. The molecule has 152 valence electrons. The number of benzene rings is 3. The zero-order valence-electron chi connectivity index (χ0n) is 16.1. The Morgan fingerprint density at radius 3 is 2.47 bits per heavy atom. The molecule has 0 aliphatic carbocycles. The molecule has 3 aromatic carbocycles. The van der Waals surface area contributed by atoms with Crippen molar-refractivity contribution in [3.05, 3.63) is 83.9 Å². The molecular weight excluding hydrogens is 402 g/mol. The van der Waals surface area contributed by atoms with Crippen LogP contribution < -0.4 is 14.9 Å². The van der Waals surface area contributed by atoms with E-state index in [0.29, 0.717) is 22.6 Å². The van der Waals surface area contributed by atoms with Crippen LogP contribution in [0.1, 0.15) is 15.9 Å². The summed E-state index contributed by atoms with van der Waals surface area (Å²) in [6.07, 6.45) is 0. The zero-order valence-corrected chi connectivity index (χ0v) is 16.9. The van der Waals surface area contributed by atoms with Crippen molar-refractivity contribution in [2.24, 2.45) is 0 Å². The Kier molecular flexibility index (Phi) is 5.01. The molecular formula is C22H19N3O4S. The summed E-state index contributed by atoms with van der Waals surface area (Å²) in [5.74, 6) is -0.684. The number of amides is 2. The first kappa shape index (κ1) is 19.7. The van der Waals surface area contributed by atoms with Crippen molar-refractivity contribution >= 4 is 38.9 Å². The molecule has 0 radical (unpaired) electrons. The van der Waals surface area contributed by atoms with Crippen molar-refractivity contribution < 1.29 is 18.0 Å². The van der Waals surface area contributed by atoms with Crippen molar-refractivity contribution in [1.29, 1.82) is 0 Å². The molecule has 0 fully saturated rings. The summed E-state index contributed by atoms with van der Waals surface area (Å²) in [4.78, 5) is 26.7.